The molecule has 20 heavy (non-hydrogen) atoms. The summed E-state index contributed by atoms with van der Waals surface area (Å²) in [5.74, 6) is -0.306. The van der Waals surface area contributed by atoms with Crippen molar-refractivity contribution in [2.24, 2.45) is 5.92 Å². The molecule has 0 aromatic carbocycles. The van der Waals surface area contributed by atoms with Crippen molar-refractivity contribution < 1.29 is 14.7 Å². The van der Waals surface area contributed by atoms with Crippen molar-refractivity contribution in [1.29, 1.82) is 0 Å². The Labute approximate surface area is 123 Å². The predicted molar refractivity (Wildman–Crippen MR) is 79.3 cm³/mol. The van der Waals surface area contributed by atoms with Crippen LogP contribution in [0.5, 0.6) is 0 Å². The van der Waals surface area contributed by atoms with E-state index in [1.54, 1.807) is 18.3 Å². The molecule has 2 unspecified atom stereocenters. The minimum atomic E-state index is -0.894. The Kier molecular flexibility index (Phi) is 4.81. The third kappa shape index (κ3) is 3.60. The SMILES string of the molecule is CCC1CCc2sc(C(=O)NC(C)CC(=O)O)cc2C1. The van der Waals surface area contributed by atoms with Crippen LogP contribution in [0, 0.1) is 5.92 Å². The van der Waals surface area contributed by atoms with Gasteiger partial charge in [-0.05, 0) is 43.7 Å². The largest absolute Gasteiger partial charge is 0.481 e. The summed E-state index contributed by atoms with van der Waals surface area (Å²) in [6.07, 6.45) is 4.48. The standard InChI is InChI=1S/C15H21NO3S/c1-3-10-4-5-12-11(7-10)8-13(20-12)15(19)16-9(2)6-14(17)18/h8-10H,3-7H2,1-2H3,(H,16,19)(H,17,18). The lowest BCUT2D eigenvalue weighted by Crippen LogP contribution is -2.33. The van der Waals surface area contributed by atoms with Gasteiger partial charge in [0.1, 0.15) is 0 Å². The number of carbonyl (C=O) groups is 2. The van der Waals surface area contributed by atoms with E-state index in [1.807, 2.05) is 6.07 Å². The molecule has 2 N–H and O–H groups in total. The van der Waals surface area contributed by atoms with Gasteiger partial charge in [-0.2, -0.15) is 0 Å². The van der Waals surface area contributed by atoms with E-state index in [9.17, 15) is 9.59 Å². The Bertz CT molecular complexity index is 509. The second kappa shape index (κ2) is 6.39. The number of fused-ring (bicyclic) bond motifs is 1. The molecule has 1 heterocycles. The normalized spacial score (nSPS) is 19.2. The molecule has 0 spiro atoms. The van der Waals surface area contributed by atoms with Gasteiger partial charge >= 0.3 is 5.97 Å². The number of thiophene rings is 1. The van der Waals surface area contributed by atoms with Crippen molar-refractivity contribution in [2.45, 2.75) is 52.0 Å². The maximum absolute atomic E-state index is 12.1. The van der Waals surface area contributed by atoms with Crippen LogP contribution in [0.4, 0.5) is 0 Å². The number of aryl methyl sites for hydroxylation is 1. The Morgan fingerprint density at radius 1 is 1.55 bits per heavy atom. The van der Waals surface area contributed by atoms with Gasteiger partial charge in [0.15, 0.2) is 0 Å². The maximum Gasteiger partial charge on any atom is 0.305 e. The van der Waals surface area contributed by atoms with Gasteiger partial charge in [0.25, 0.3) is 5.91 Å². The number of carbonyl (C=O) groups excluding carboxylic acids is 1. The molecule has 1 amide bonds. The van der Waals surface area contributed by atoms with Crippen molar-refractivity contribution in [3.8, 4) is 0 Å². The molecule has 0 radical (unpaired) electrons. The van der Waals surface area contributed by atoms with E-state index >= 15 is 0 Å². The van der Waals surface area contributed by atoms with E-state index in [-0.39, 0.29) is 18.4 Å². The molecule has 1 aromatic rings. The molecule has 5 heteroatoms. The Morgan fingerprint density at radius 3 is 2.95 bits per heavy atom. The molecule has 0 saturated heterocycles. The van der Waals surface area contributed by atoms with Crippen molar-refractivity contribution in [3.63, 3.8) is 0 Å². The topological polar surface area (TPSA) is 66.4 Å². The van der Waals surface area contributed by atoms with E-state index in [0.29, 0.717) is 4.88 Å². The average molecular weight is 295 g/mol. The number of aliphatic carboxylic acids is 1. The number of nitrogens with one attached hydrogen (secondary N) is 1. The highest BCUT2D eigenvalue weighted by Crippen LogP contribution is 2.33. The van der Waals surface area contributed by atoms with Crippen LogP contribution in [0.15, 0.2) is 6.07 Å². The third-order valence-electron chi connectivity index (χ3n) is 3.84. The number of amides is 1. The second-order valence-electron chi connectivity index (χ2n) is 5.55. The molecular weight excluding hydrogens is 274 g/mol. The molecular formula is C15H21NO3S. The summed E-state index contributed by atoms with van der Waals surface area (Å²) in [4.78, 5) is 24.8. The zero-order valence-electron chi connectivity index (χ0n) is 11.9. The molecule has 2 atom stereocenters. The summed E-state index contributed by atoms with van der Waals surface area (Å²) < 4.78 is 0. The molecule has 1 aliphatic carbocycles. The summed E-state index contributed by atoms with van der Waals surface area (Å²) in [6.45, 7) is 3.93. The highest BCUT2D eigenvalue weighted by molar-refractivity contribution is 7.14. The molecule has 0 bridgehead atoms. The predicted octanol–water partition coefficient (Wildman–Crippen LogP) is 2.86. The van der Waals surface area contributed by atoms with Gasteiger partial charge < -0.3 is 10.4 Å². The fourth-order valence-electron chi connectivity index (χ4n) is 2.67. The first-order valence-corrected chi connectivity index (χ1v) is 7.95. The molecule has 4 nitrogen and oxygen atoms in total. The third-order valence-corrected chi connectivity index (χ3v) is 5.08. The molecule has 0 fully saturated rings. The minimum absolute atomic E-state index is 0.0469. The van der Waals surface area contributed by atoms with Crippen molar-refractivity contribution in [3.05, 3.63) is 21.4 Å². The number of hydrogen-bond acceptors (Lipinski definition) is 3. The highest BCUT2D eigenvalue weighted by atomic mass is 32.1. The first-order chi connectivity index (χ1) is 9.49. The molecule has 1 aromatic heterocycles. The van der Waals surface area contributed by atoms with Crippen molar-refractivity contribution >= 4 is 23.2 Å². The molecule has 110 valence electrons. The number of hydrogen-bond donors (Lipinski definition) is 2. The quantitative estimate of drug-likeness (QED) is 0.878. The zero-order valence-corrected chi connectivity index (χ0v) is 12.8. The molecule has 0 aliphatic heterocycles. The van der Waals surface area contributed by atoms with Crippen LogP contribution in [-0.4, -0.2) is 23.0 Å². The van der Waals surface area contributed by atoms with Crippen LogP contribution in [0.1, 0.15) is 53.2 Å². The van der Waals surface area contributed by atoms with E-state index in [0.717, 1.165) is 18.8 Å². The minimum Gasteiger partial charge on any atom is -0.481 e. The van der Waals surface area contributed by atoms with Crippen LogP contribution >= 0.6 is 11.3 Å². The van der Waals surface area contributed by atoms with Gasteiger partial charge in [-0.25, -0.2) is 0 Å². The Hall–Kier alpha value is -1.36. The van der Waals surface area contributed by atoms with E-state index < -0.39 is 5.97 Å². The fraction of sp³-hybridized carbons (Fsp3) is 0.600. The second-order valence-corrected chi connectivity index (χ2v) is 6.69. The lowest BCUT2D eigenvalue weighted by molar-refractivity contribution is -0.137. The van der Waals surface area contributed by atoms with Crippen molar-refractivity contribution in [2.75, 3.05) is 0 Å². The van der Waals surface area contributed by atoms with Gasteiger partial charge in [0.2, 0.25) is 0 Å². The number of carboxylic acid groups (broad SMARTS) is 1. The molecule has 1 aliphatic rings. The molecule has 0 saturated carbocycles. The number of rotatable bonds is 5. The van der Waals surface area contributed by atoms with E-state index in [2.05, 4.69) is 12.2 Å². The average Bonchev–Trinajstić information content (AvgIpc) is 2.80. The first kappa shape index (κ1) is 15.0. The Morgan fingerprint density at radius 2 is 2.30 bits per heavy atom. The summed E-state index contributed by atoms with van der Waals surface area (Å²) in [6, 6.07) is 1.65. The van der Waals surface area contributed by atoms with Gasteiger partial charge in [0.05, 0.1) is 11.3 Å². The monoisotopic (exact) mass is 295 g/mol. The van der Waals surface area contributed by atoms with Crippen molar-refractivity contribution in [1.82, 2.24) is 5.32 Å². The highest BCUT2D eigenvalue weighted by Gasteiger charge is 2.22. The fourth-order valence-corrected chi connectivity index (χ4v) is 3.78. The summed E-state index contributed by atoms with van der Waals surface area (Å²) >= 11 is 1.56. The van der Waals surface area contributed by atoms with Gasteiger partial charge in [-0.15, -0.1) is 11.3 Å². The van der Waals surface area contributed by atoms with Crippen LogP contribution in [0.3, 0.4) is 0 Å². The maximum atomic E-state index is 12.1. The van der Waals surface area contributed by atoms with E-state index in [1.165, 1.54) is 23.3 Å². The van der Waals surface area contributed by atoms with Crippen LogP contribution in [0.25, 0.3) is 0 Å². The summed E-state index contributed by atoms with van der Waals surface area (Å²) in [5.41, 5.74) is 1.31. The smallest absolute Gasteiger partial charge is 0.305 e. The molecule has 2 rings (SSSR count). The van der Waals surface area contributed by atoms with Gasteiger partial charge in [-0.3, -0.25) is 9.59 Å². The Balaban J connectivity index is 2.01. The van der Waals surface area contributed by atoms with Gasteiger partial charge in [0, 0.05) is 10.9 Å². The van der Waals surface area contributed by atoms with Crippen LogP contribution in [0.2, 0.25) is 0 Å². The van der Waals surface area contributed by atoms with E-state index in [4.69, 9.17) is 5.11 Å². The van der Waals surface area contributed by atoms with Crippen LogP contribution < -0.4 is 5.32 Å². The number of carboxylic acids is 1. The first-order valence-electron chi connectivity index (χ1n) is 7.13. The lowest BCUT2D eigenvalue weighted by atomic mass is 9.87. The zero-order chi connectivity index (χ0) is 14.7. The lowest BCUT2D eigenvalue weighted by Gasteiger charge is -2.19. The van der Waals surface area contributed by atoms with Gasteiger partial charge in [-0.1, -0.05) is 13.3 Å². The van der Waals surface area contributed by atoms with Crippen LogP contribution in [-0.2, 0) is 17.6 Å². The summed E-state index contributed by atoms with van der Waals surface area (Å²) in [5, 5.41) is 11.5. The summed E-state index contributed by atoms with van der Waals surface area (Å²) in [7, 11) is 0.